The lowest BCUT2D eigenvalue weighted by atomic mass is 9.87. The highest BCUT2D eigenvalue weighted by molar-refractivity contribution is 5.32. The maximum Gasteiger partial charge on any atom is 0.0463 e. The second-order valence-corrected chi connectivity index (χ2v) is 3.72. The van der Waals surface area contributed by atoms with E-state index in [1.54, 1.807) is 0 Å². The maximum atomic E-state index is 9.01. The average molecular weight is 165 g/mol. The third kappa shape index (κ3) is 1.16. The van der Waals surface area contributed by atoms with Gasteiger partial charge in [-0.2, -0.15) is 0 Å². The Morgan fingerprint density at radius 2 is 2.50 bits per heavy atom. The largest absolute Gasteiger partial charge is 0.396 e. The zero-order valence-corrected chi connectivity index (χ0v) is 7.43. The van der Waals surface area contributed by atoms with Crippen molar-refractivity contribution >= 4 is 0 Å². The number of hydrogen-bond donors (Lipinski definition) is 2. The van der Waals surface area contributed by atoms with E-state index in [1.165, 1.54) is 16.8 Å². The second-order valence-electron chi connectivity index (χ2n) is 3.72. The molecule has 2 N–H and O–H groups in total. The summed E-state index contributed by atoms with van der Waals surface area (Å²) in [4.78, 5) is 3.28. The van der Waals surface area contributed by atoms with E-state index in [0.29, 0.717) is 12.5 Å². The van der Waals surface area contributed by atoms with Crippen LogP contribution in [0.15, 0.2) is 6.20 Å². The standard InChI is InChI=1S/C10H15NO/c1-7-5-11-10-4-8(6-12)2-3-9(7)10/h5,8,11-12H,2-4,6H2,1H3. The number of aromatic nitrogens is 1. The van der Waals surface area contributed by atoms with E-state index < -0.39 is 0 Å². The zero-order chi connectivity index (χ0) is 8.55. The molecule has 0 bridgehead atoms. The fraction of sp³-hybridized carbons (Fsp3) is 0.600. The molecule has 66 valence electrons. The van der Waals surface area contributed by atoms with Gasteiger partial charge in [0.05, 0.1) is 0 Å². The van der Waals surface area contributed by atoms with Crippen molar-refractivity contribution in [2.45, 2.75) is 26.2 Å². The molecule has 1 aliphatic rings. The van der Waals surface area contributed by atoms with Gasteiger partial charge in [0, 0.05) is 18.5 Å². The first-order chi connectivity index (χ1) is 5.81. The summed E-state index contributed by atoms with van der Waals surface area (Å²) in [7, 11) is 0. The molecule has 0 spiro atoms. The lowest BCUT2D eigenvalue weighted by Gasteiger charge is -2.20. The Labute approximate surface area is 72.6 Å². The number of aliphatic hydroxyl groups excluding tert-OH is 1. The van der Waals surface area contributed by atoms with Crippen LogP contribution in [-0.2, 0) is 12.8 Å². The Bertz CT molecular complexity index is 277. The summed E-state index contributed by atoms with van der Waals surface area (Å²) in [6, 6.07) is 0. The smallest absolute Gasteiger partial charge is 0.0463 e. The summed E-state index contributed by atoms with van der Waals surface area (Å²) in [6.07, 6.45) is 5.38. The van der Waals surface area contributed by atoms with Crippen LogP contribution >= 0.6 is 0 Å². The molecule has 12 heavy (non-hydrogen) atoms. The minimum absolute atomic E-state index is 0.331. The Balaban J connectivity index is 2.24. The number of H-pyrrole nitrogens is 1. The molecule has 0 amide bonds. The summed E-state index contributed by atoms with van der Waals surface area (Å²) >= 11 is 0. The summed E-state index contributed by atoms with van der Waals surface area (Å²) < 4.78 is 0. The molecule has 2 rings (SSSR count). The van der Waals surface area contributed by atoms with Crippen molar-refractivity contribution in [1.29, 1.82) is 0 Å². The highest BCUT2D eigenvalue weighted by Crippen LogP contribution is 2.26. The molecule has 2 nitrogen and oxygen atoms in total. The van der Waals surface area contributed by atoms with Gasteiger partial charge < -0.3 is 10.1 Å². The van der Waals surface area contributed by atoms with Crippen molar-refractivity contribution in [2.24, 2.45) is 5.92 Å². The number of aryl methyl sites for hydroxylation is 1. The van der Waals surface area contributed by atoms with E-state index in [4.69, 9.17) is 5.11 Å². The molecule has 1 atom stereocenters. The summed E-state index contributed by atoms with van der Waals surface area (Å²) in [5.74, 6) is 0.482. The van der Waals surface area contributed by atoms with Gasteiger partial charge in [0.2, 0.25) is 0 Å². The summed E-state index contributed by atoms with van der Waals surface area (Å²) in [5.41, 5.74) is 4.21. The number of fused-ring (bicyclic) bond motifs is 1. The van der Waals surface area contributed by atoms with Crippen LogP contribution in [0.3, 0.4) is 0 Å². The molecule has 0 saturated heterocycles. The molecule has 1 unspecified atom stereocenters. The van der Waals surface area contributed by atoms with Crippen molar-refractivity contribution in [3.8, 4) is 0 Å². The molecule has 1 aromatic heterocycles. The fourth-order valence-electron chi connectivity index (χ4n) is 2.03. The number of aromatic amines is 1. The quantitative estimate of drug-likeness (QED) is 0.648. The normalized spacial score (nSPS) is 22.3. The van der Waals surface area contributed by atoms with Crippen molar-refractivity contribution in [2.75, 3.05) is 6.61 Å². The minimum atomic E-state index is 0.331. The summed E-state index contributed by atoms with van der Waals surface area (Å²) in [6.45, 7) is 2.48. The van der Waals surface area contributed by atoms with E-state index in [9.17, 15) is 0 Å². The van der Waals surface area contributed by atoms with Crippen molar-refractivity contribution in [3.63, 3.8) is 0 Å². The van der Waals surface area contributed by atoms with E-state index in [2.05, 4.69) is 18.1 Å². The van der Waals surface area contributed by atoms with Crippen LogP contribution < -0.4 is 0 Å². The number of aliphatic hydroxyl groups is 1. The predicted octanol–water partition coefficient (Wildman–Crippen LogP) is 1.42. The van der Waals surface area contributed by atoms with Gasteiger partial charge in [-0.1, -0.05) is 0 Å². The van der Waals surface area contributed by atoms with Crippen LogP contribution in [0, 0.1) is 12.8 Å². The predicted molar refractivity (Wildman–Crippen MR) is 48.1 cm³/mol. The van der Waals surface area contributed by atoms with E-state index in [1.807, 2.05) is 0 Å². The first kappa shape index (κ1) is 7.87. The maximum absolute atomic E-state index is 9.01. The summed E-state index contributed by atoms with van der Waals surface area (Å²) in [5, 5.41) is 9.01. The van der Waals surface area contributed by atoms with E-state index >= 15 is 0 Å². The zero-order valence-electron chi connectivity index (χ0n) is 7.43. The molecule has 1 heterocycles. The van der Waals surface area contributed by atoms with Gasteiger partial charge in [-0.25, -0.2) is 0 Å². The first-order valence-corrected chi connectivity index (χ1v) is 4.58. The second kappa shape index (κ2) is 2.94. The highest BCUT2D eigenvalue weighted by atomic mass is 16.3. The van der Waals surface area contributed by atoms with Gasteiger partial charge in [0.1, 0.15) is 0 Å². The molecule has 0 radical (unpaired) electrons. The van der Waals surface area contributed by atoms with Gasteiger partial charge >= 0.3 is 0 Å². The van der Waals surface area contributed by atoms with Gasteiger partial charge in [-0.3, -0.25) is 0 Å². The molecule has 2 heteroatoms. The lowest BCUT2D eigenvalue weighted by Crippen LogP contribution is -2.17. The Hall–Kier alpha value is -0.760. The highest BCUT2D eigenvalue weighted by Gasteiger charge is 2.19. The molecule has 0 aliphatic heterocycles. The van der Waals surface area contributed by atoms with Crippen molar-refractivity contribution in [3.05, 3.63) is 23.0 Å². The van der Waals surface area contributed by atoms with Gasteiger partial charge in [-0.15, -0.1) is 0 Å². The number of hydrogen-bond acceptors (Lipinski definition) is 1. The van der Waals surface area contributed by atoms with Crippen LogP contribution in [0.2, 0.25) is 0 Å². The Kier molecular flexibility index (Phi) is 1.93. The molecular formula is C10H15NO. The van der Waals surface area contributed by atoms with Crippen LogP contribution in [0.4, 0.5) is 0 Å². The molecular weight excluding hydrogens is 150 g/mol. The molecule has 1 aliphatic carbocycles. The van der Waals surface area contributed by atoms with E-state index in [0.717, 1.165) is 19.3 Å². The van der Waals surface area contributed by atoms with Crippen LogP contribution in [0.5, 0.6) is 0 Å². The van der Waals surface area contributed by atoms with Crippen molar-refractivity contribution in [1.82, 2.24) is 4.98 Å². The SMILES string of the molecule is Cc1c[nH]c2c1CCC(CO)C2. The fourth-order valence-corrected chi connectivity index (χ4v) is 2.03. The molecule has 0 fully saturated rings. The number of rotatable bonds is 1. The van der Waals surface area contributed by atoms with Crippen LogP contribution in [0.1, 0.15) is 23.2 Å². The third-order valence-corrected chi connectivity index (χ3v) is 2.86. The van der Waals surface area contributed by atoms with E-state index in [-0.39, 0.29) is 0 Å². The molecule has 0 saturated carbocycles. The third-order valence-electron chi connectivity index (χ3n) is 2.86. The Morgan fingerprint density at radius 1 is 1.67 bits per heavy atom. The van der Waals surface area contributed by atoms with Gasteiger partial charge in [-0.05, 0) is 43.2 Å². The molecule has 1 aromatic rings. The lowest BCUT2D eigenvalue weighted by molar-refractivity contribution is 0.212. The Morgan fingerprint density at radius 3 is 3.25 bits per heavy atom. The first-order valence-electron chi connectivity index (χ1n) is 4.58. The van der Waals surface area contributed by atoms with Crippen molar-refractivity contribution < 1.29 is 5.11 Å². The topological polar surface area (TPSA) is 36.0 Å². The average Bonchev–Trinajstić information content (AvgIpc) is 2.47. The number of nitrogens with one attached hydrogen (secondary N) is 1. The monoisotopic (exact) mass is 165 g/mol. The minimum Gasteiger partial charge on any atom is -0.396 e. The van der Waals surface area contributed by atoms with Crippen LogP contribution in [-0.4, -0.2) is 16.7 Å². The van der Waals surface area contributed by atoms with Gasteiger partial charge in [0.25, 0.3) is 0 Å². The molecule has 0 aromatic carbocycles. The van der Waals surface area contributed by atoms with Gasteiger partial charge in [0.15, 0.2) is 0 Å². The van der Waals surface area contributed by atoms with Crippen LogP contribution in [0.25, 0.3) is 0 Å².